The zero-order valence-electron chi connectivity index (χ0n) is 17.7. The fourth-order valence-corrected chi connectivity index (χ4v) is 4.06. The quantitative estimate of drug-likeness (QED) is 0.797. The summed E-state index contributed by atoms with van der Waals surface area (Å²) in [6.45, 7) is 6.85. The molecule has 0 unspecified atom stereocenters. The number of piperidine rings is 1. The van der Waals surface area contributed by atoms with Gasteiger partial charge in [0.1, 0.15) is 5.82 Å². The highest BCUT2D eigenvalue weighted by atomic mass is 16.5. The number of aliphatic hydroxyl groups is 1. The van der Waals surface area contributed by atoms with E-state index >= 15 is 0 Å². The van der Waals surface area contributed by atoms with Crippen LogP contribution in [0.1, 0.15) is 41.1 Å². The predicted molar refractivity (Wildman–Crippen MR) is 108 cm³/mol. The van der Waals surface area contributed by atoms with Gasteiger partial charge < -0.3 is 24.5 Å². The molecule has 2 saturated heterocycles. The number of carbonyl (C=O) groups is 1. The van der Waals surface area contributed by atoms with E-state index in [1.807, 2.05) is 13.8 Å². The van der Waals surface area contributed by atoms with Crippen LogP contribution in [0.2, 0.25) is 0 Å². The van der Waals surface area contributed by atoms with Gasteiger partial charge in [-0.3, -0.25) is 4.79 Å². The number of rotatable bonds is 5. The second kappa shape index (κ2) is 8.31. The van der Waals surface area contributed by atoms with Gasteiger partial charge >= 0.3 is 0 Å². The van der Waals surface area contributed by atoms with Crippen LogP contribution in [0, 0.1) is 13.8 Å². The fourth-order valence-electron chi connectivity index (χ4n) is 4.06. The largest absolute Gasteiger partial charge is 0.393 e. The van der Waals surface area contributed by atoms with Gasteiger partial charge in [-0.2, -0.15) is 0 Å². The average Bonchev–Trinajstić information content (AvgIpc) is 3.20. The minimum atomic E-state index is -0.539. The van der Waals surface area contributed by atoms with Crippen molar-refractivity contribution in [2.45, 2.75) is 44.8 Å². The first-order valence-corrected chi connectivity index (χ1v) is 10.0. The Morgan fingerprint density at radius 1 is 1.25 bits per heavy atom. The molecule has 0 radical (unpaired) electrons. The molecule has 1 atom stereocenters. The molecular formula is C20H33N5O3. The molecule has 0 aliphatic carbocycles. The highest BCUT2D eigenvalue weighted by Crippen LogP contribution is 2.28. The van der Waals surface area contributed by atoms with Gasteiger partial charge in [0.2, 0.25) is 5.82 Å². The Morgan fingerprint density at radius 2 is 1.93 bits per heavy atom. The summed E-state index contributed by atoms with van der Waals surface area (Å²) in [6, 6.07) is 0.497. The molecule has 1 N–H and O–H groups in total. The molecule has 8 heteroatoms. The lowest BCUT2D eigenvalue weighted by atomic mass is 9.92. The number of aromatic nitrogens is 2. The maximum atomic E-state index is 13.1. The molecule has 2 aliphatic rings. The first-order valence-electron chi connectivity index (χ1n) is 10.0. The van der Waals surface area contributed by atoms with Gasteiger partial charge in [0.25, 0.3) is 5.91 Å². The van der Waals surface area contributed by atoms with E-state index in [9.17, 15) is 9.90 Å². The lowest BCUT2D eigenvalue weighted by Gasteiger charge is -2.39. The number of anilines is 1. The summed E-state index contributed by atoms with van der Waals surface area (Å²) in [7, 11) is 5.82. The topological polar surface area (TPSA) is 82.0 Å². The Kier molecular flexibility index (Phi) is 6.21. The Bertz CT molecular complexity index is 710. The molecular weight excluding hydrogens is 358 g/mol. The van der Waals surface area contributed by atoms with Gasteiger partial charge in [0.05, 0.1) is 12.2 Å². The van der Waals surface area contributed by atoms with Gasteiger partial charge in [-0.05, 0) is 47.2 Å². The maximum absolute atomic E-state index is 13.1. The van der Waals surface area contributed by atoms with Gasteiger partial charge in [-0.15, -0.1) is 0 Å². The van der Waals surface area contributed by atoms with Crippen LogP contribution in [0.15, 0.2) is 0 Å². The SMILES string of the molecule is COC1(CO)CCN(C(=O)c2nc(C)c(C)c(N3CC[C@@H](N(C)C)C3)n2)CC1. The molecule has 2 fully saturated rings. The lowest BCUT2D eigenvalue weighted by molar-refractivity contribution is -0.0846. The number of amides is 1. The van der Waals surface area contributed by atoms with Crippen molar-refractivity contribution < 1.29 is 14.6 Å². The van der Waals surface area contributed by atoms with Crippen LogP contribution in [0.5, 0.6) is 0 Å². The molecule has 1 amide bonds. The summed E-state index contributed by atoms with van der Waals surface area (Å²) >= 11 is 0. The highest BCUT2D eigenvalue weighted by molar-refractivity contribution is 5.91. The molecule has 2 aliphatic heterocycles. The minimum absolute atomic E-state index is 0.0299. The van der Waals surface area contributed by atoms with Crippen molar-refractivity contribution in [2.24, 2.45) is 0 Å². The molecule has 3 rings (SSSR count). The van der Waals surface area contributed by atoms with Crippen molar-refractivity contribution in [2.75, 3.05) is 58.9 Å². The first-order chi connectivity index (χ1) is 13.3. The van der Waals surface area contributed by atoms with Crippen LogP contribution in [0.4, 0.5) is 5.82 Å². The monoisotopic (exact) mass is 391 g/mol. The molecule has 1 aromatic rings. The summed E-state index contributed by atoms with van der Waals surface area (Å²) in [4.78, 5) is 28.5. The van der Waals surface area contributed by atoms with Gasteiger partial charge in [-0.25, -0.2) is 9.97 Å². The third-order valence-electron chi connectivity index (χ3n) is 6.43. The van der Waals surface area contributed by atoms with Crippen LogP contribution < -0.4 is 4.90 Å². The van der Waals surface area contributed by atoms with Crippen molar-refractivity contribution >= 4 is 11.7 Å². The third-order valence-corrected chi connectivity index (χ3v) is 6.43. The zero-order valence-corrected chi connectivity index (χ0v) is 17.7. The maximum Gasteiger partial charge on any atom is 0.291 e. The van der Waals surface area contributed by atoms with Crippen molar-refractivity contribution in [3.8, 4) is 0 Å². The van der Waals surface area contributed by atoms with Crippen molar-refractivity contribution in [1.82, 2.24) is 19.8 Å². The number of hydrogen-bond acceptors (Lipinski definition) is 7. The molecule has 0 aromatic carbocycles. The molecule has 3 heterocycles. The van der Waals surface area contributed by atoms with Crippen molar-refractivity contribution in [3.63, 3.8) is 0 Å². The predicted octanol–water partition coefficient (Wildman–Crippen LogP) is 0.847. The molecule has 8 nitrogen and oxygen atoms in total. The summed E-state index contributed by atoms with van der Waals surface area (Å²) in [6.07, 6.45) is 2.31. The van der Waals surface area contributed by atoms with Gasteiger partial charge in [0, 0.05) is 50.6 Å². The first kappa shape index (κ1) is 21.0. The van der Waals surface area contributed by atoms with E-state index < -0.39 is 5.60 Å². The lowest BCUT2D eigenvalue weighted by Crippen LogP contribution is -2.50. The Morgan fingerprint density at radius 3 is 2.46 bits per heavy atom. The fraction of sp³-hybridized carbons (Fsp3) is 0.750. The number of aliphatic hydroxyl groups excluding tert-OH is 1. The average molecular weight is 392 g/mol. The number of carbonyl (C=O) groups excluding carboxylic acids is 1. The van der Waals surface area contributed by atoms with E-state index in [0.29, 0.717) is 32.0 Å². The second-order valence-corrected chi connectivity index (χ2v) is 8.27. The second-order valence-electron chi connectivity index (χ2n) is 8.27. The van der Waals surface area contributed by atoms with E-state index in [1.165, 1.54) is 0 Å². The van der Waals surface area contributed by atoms with E-state index in [1.54, 1.807) is 12.0 Å². The summed E-state index contributed by atoms with van der Waals surface area (Å²) in [5.41, 5.74) is 1.34. The van der Waals surface area contributed by atoms with Crippen LogP contribution in [-0.4, -0.2) is 96.4 Å². The molecule has 0 bridgehead atoms. The molecule has 156 valence electrons. The highest BCUT2D eigenvalue weighted by Gasteiger charge is 2.36. The standard InChI is InChI=1S/C20H33N5O3/c1-14-15(2)21-17(22-18(14)25-9-6-16(12-25)23(3)4)19(27)24-10-7-20(13-26,28-5)8-11-24/h16,26H,6-13H2,1-5H3/t16-/m1/s1. The zero-order chi connectivity index (χ0) is 20.5. The van der Waals surface area contributed by atoms with Crippen LogP contribution >= 0.6 is 0 Å². The van der Waals surface area contributed by atoms with E-state index in [-0.39, 0.29) is 18.3 Å². The van der Waals surface area contributed by atoms with Crippen molar-refractivity contribution in [3.05, 3.63) is 17.1 Å². The smallest absolute Gasteiger partial charge is 0.291 e. The summed E-state index contributed by atoms with van der Waals surface area (Å²) in [5.74, 6) is 0.995. The number of likely N-dealkylation sites (tertiary alicyclic amines) is 1. The Labute approximate surface area is 167 Å². The van der Waals surface area contributed by atoms with Gasteiger partial charge in [0.15, 0.2) is 0 Å². The molecule has 0 saturated carbocycles. The van der Waals surface area contributed by atoms with Crippen LogP contribution in [0.3, 0.4) is 0 Å². The summed E-state index contributed by atoms with van der Waals surface area (Å²) < 4.78 is 5.48. The van der Waals surface area contributed by atoms with Gasteiger partial charge in [-0.1, -0.05) is 0 Å². The molecule has 28 heavy (non-hydrogen) atoms. The number of aryl methyl sites for hydroxylation is 1. The van der Waals surface area contributed by atoms with E-state index in [2.05, 4.69) is 33.9 Å². The van der Waals surface area contributed by atoms with E-state index in [0.717, 1.165) is 36.6 Å². The number of nitrogens with zero attached hydrogens (tertiary/aromatic N) is 5. The number of hydrogen-bond donors (Lipinski definition) is 1. The number of likely N-dealkylation sites (N-methyl/N-ethyl adjacent to an activating group) is 1. The number of ether oxygens (including phenoxy) is 1. The van der Waals surface area contributed by atoms with Crippen LogP contribution in [0.25, 0.3) is 0 Å². The van der Waals surface area contributed by atoms with Crippen LogP contribution in [-0.2, 0) is 4.74 Å². The molecule has 0 spiro atoms. The van der Waals surface area contributed by atoms with E-state index in [4.69, 9.17) is 4.74 Å². The summed E-state index contributed by atoms with van der Waals surface area (Å²) in [5, 5.41) is 9.61. The molecule has 1 aromatic heterocycles. The normalized spacial score (nSPS) is 22.2. The third kappa shape index (κ3) is 3.99. The Balaban J connectivity index is 1.78. The minimum Gasteiger partial charge on any atom is -0.393 e. The number of methoxy groups -OCH3 is 1. The van der Waals surface area contributed by atoms with Crippen molar-refractivity contribution in [1.29, 1.82) is 0 Å². The Hall–Kier alpha value is -1.77.